The molecule has 1 atom stereocenters. The molecule has 0 spiro atoms. The van der Waals surface area contributed by atoms with Gasteiger partial charge in [-0.1, -0.05) is 12.1 Å². The minimum absolute atomic E-state index is 0.277. The van der Waals surface area contributed by atoms with Gasteiger partial charge < -0.3 is 9.47 Å². The first-order valence-electron chi connectivity index (χ1n) is 5.63. The fourth-order valence-corrected chi connectivity index (χ4v) is 2.24. The van der Waals surface area contributed by atoms with Gasteiger partial charge in [0.05, 0.1) is 19.6 Å². The summed E-state index contributed by atoms with van der Waals surface area (Å²) in [7, 11) is 3.21. The molecule has 100 valence electrons. The van der Waals surface area contributed by atoms with Crippen molar-refractivity contribution >= 4 is 27.5 Å². The van der Waals surface area contributed by atoms with Gasteiger partial charge in [-0.2, -0.15) is 0 Å². The number of hydrogen-bond donors (Lipinski definition) is 0. The van der Waals surface area contributed by atoms with E-state index < -0.39 is 0 Å². The molecule has 19 heavy (non-hydrogen) atoms. The normalized spacial score (nSPS) is 12.0. The number of ether oxygens (including phenoxy) is 2. The highest BCUT2D eigenvalue weighted by Crippen LogP contribution is 2.35. The Morgan fingerprint density at radius 2 is 1.74 bits per heavy atom. The van der Waals surface area contributed by atoms with Gasteiger partial charge in [0, 0.05) is 6.20 Å². The number of alkyl halides is 1. The highest BCUT2D eigenvalue weighted by molar-refractivity contribution is 9.10. The lowest BCUT2D eigenvalue weighted by Gasteiger charge is -2.13. The van der Waals surface area contributed by atoms with Crippen LogP contribution >= 0.6 is 27.5 Å². The number of methoxy groups -OCH3 is 2. The van der Waals surface area contributed by atoms with Crippen molar-refractivity contribution in [2.24, 2.45) is 0 Å². The molecule has 0 bridgehead atoms. The first kappa shape index (κ1) is 14.2. The summed E-state index contributed by atoms with van der Waals surface area (Å²) < 4.78 is 11.3. The van der Waals surface area contributed by atoms with Crippen LogP contribution in [0, 0.1) is 0 Å². The summed E-state index contributed by atoms with van der Waals surface area (Å²) in [6, 6.07) is 9.44. The molecule has 1 unspecified atom stereocenters. The van der Waals surface area contributed by atoms with Crippen molar-refractivity contribution < 1.29 is 9.47 Å². The van der Waals surface area contributed by atoms with Crippen molar-refractivity contribution in [2.45, 2.75) is 5.38 Å². The van der Waals surface area contributed by atoms with Crippen molar-refractivity contribution in [1.29, 1.82) is 0 Å². The molecule has 2 aromatic rings. The summed E-state index contributed by atoms with van der Waals surface area (Å²) in [5.41, 5.74) is 1.86. The number of nitrogens with zero attached hydrogens (tertiary/aromatic N) is 1. The largest absolute Gasteiger partial charge is 0.493 e. The van der Waals surface area contributed by atoms with Crippen molar-refractivity contribution in [1.82, 2.24) is 4.98 Å². The lowest BCUT2D eigenvalue weighted by molar-refractivity contribution is 0.354. The van der Waals surface area contributed by atoms with Gasteiger partial charge >= 0.3 is 0 Å². The Morgan fingerprint density at radius 3 is 2.32 bits per heavy atom. The van der Waals surface area contributed by atoms with E-state index in [1.165, 1.54) is 0 Å². The number of aromatic nitrogens is 1. The van der Waals surface area contributed by atoms with Gasteiger partial charge in [0.25, 0.3) is 0 Å². The lowest BCUT2D eigenvalue weighted by Crippen LogP contribution is -1.97. The summed E-state index contributed by atoms with van der Waals surface area (Å²) in [6.45, 7) is 0. The zero-order valence-corrected chi connectivity index (χ0v) is 12.9. The van der Waals surface area contributed by atoms with Crippen molar-refractivity contribution in [3.05, 3.63) is 52.3 Å². The first-order valence-corrected chi connectivity index (χ1v) is 6.86. The van der Waals surface area contributed by atoms with E-state index in [1.807, 2.05) is 30.3 Å². The molecular weight excluding hydrogens is 330 g/mol. The maximum Gasteiger partial charge on any atom is 0.161 e. The third-order valence-corrected chi connectivity index (χ3v) is 3.72. The smallest absolute Gasteiger partial charge is 0.161 e. The minimum atomic E-state index is -0.277. The molecule has 0 aliphatic heterocycles. The fourth-order valence-electron chi connectivity index (χ4n) is 1.74. The van der Waals surface area contributed by atoms with Crippen LogP contribution in [0.4, 0.5) is 0 Å². The number of halogens is 2. The molecule has 0 saturated heterocycles. The van der Waals surface area contributed by atoms with Gasteiger partial charge in [0.1, 0.15) is 4.60 Å². The van der Waals surface area contributed by atoms with Crippen LogP contribution in [-0.4, -0.2) is 19.2 Å². The molecule has 0 fully saturated rings. The maximum atomic E-state index is 6.46. The van der Waals surface area contributed by atoms with Crippen molar-refractivity contribution in [2.75, 3.05) is 14.2 Å². The highest BCUT2D eigenvalue weighted by atomic mass is 79.9. The monoisotopic (exact) mass is 341 g/mol. The average Bonchev–Trinajstić information content (AvgIpc) is 2.46. The molecule has 3 nitrogen and oxygen atoms in total. The van der Waals surface area contributed by atoms with Gasteiger partial charge in [-0.15, -0.1) is 11.6 Å². The third-order valence-electron chi connectivity index (χ3n) is 2.74. The predicted molar refractivity (Wildman–Crippen MR) is 79.2 cm³/mol. The Balaban J connectivity index is 2.33. The summed E-state index contributed by atoms with van der Waals surface area (Å²) in [4.78, 5) is 4.18. The second-order valence-corrected chi connectivity index (χ2v) is 5.14. The Hall–Kier alpha value is -1.26. The van der Waals surface area contributed by atoms with Crippen LogP contribution in [0.15, 0.2) is 41.1 Å². The number of benzene rings is 1. The zero-order valence-electron chi connectivity index (χ0n) is 10.6. The molecule has 1 aromatic heterocycles. The third kappa shape index (κ3) is 3.19. The Kier molecular flexibility index (Phi) is 4.66. The highest BCUT2D eigenvalue weighted by Gasteiger charge is 2.14. The average molecular weight is 343 g/mol. The van der Waals surface area contributed by atoms with Gasteiger partial charge in [0.2, 0.25) is 0 Å². The van der Waals surface area contributed by atoms with Crippen LogP contribution in [0.25, 0.3) is 0 Å². The van der Waals surface area contributed by atoms with E-state index in [1.54, 1.807) is 20.4 Å². The van der Waals surface area contributed by atoms with Crippen molar-refractivity contribution in [3.63, 3.8) is 0 Å². The SMILES string of the molecule is COc1ccc(C(Cl)c2ccc(Br)nc2)cc1OC. The maximum absolute atomic E-state index is 6.46. The summed E-state index contributed by atoms with van der Waals surface area (Å²) >= 11 is 9.76. The van der Waals surface area contributed by atoms with Crippen LogP contribution in [0.1, 0.15) is 16.5 Å². The van der Waals surface area contributed by atoms with E-state index in [0.29, 0.717) is 11.5 Å². The zero-order chi connectivity index (χ0) is 13.8. The number of hydrogen-bond acceptors (Lipinski definition) is 3. The second kappa shape index (κ2) is 6.26. The van der Waals surface area contributed by atoms with E-state index in [-0.39, 0.29) is 5.38 Å². The molecule has 0 N–H and O–H groups in total. The molecule has 0 aliphatic rings. The molecule has 0 saturated carbocycles. The summed E-state index contributed by atoms with van der Waals surface area (Å²) in [5, 5.41) is -0.277. The molecule has 0 aliphatic carbocycles. The molecule has 0 amide bonds. The Morgan fingerprint density at radius 1 is 1.05 bits per heavy atom. The molecular formula is C14H13BrClNO2. The van der Waals surface area contributed by atoms with Crippen LogP contribution in [0.2, 0.25) is 0 Å². The predicted octanol–water partition coefficient (Wildman–Crippen LogP) is 4.19. The molecule has 5 heteroatoms. The van der Waals surface area contributed by atoms with Gasteiger partial charge in [-0.05, 0) is 45.3 Å². The Bertz CT molecular complexity index is 560. The van der Waals surface area contributed by atoms with E-state index >= 15 is 0 Å². The van der Waals surface area contributed by atoms with Crippen LogP contribution < -0.4 is 9.47 Å². The summed E-state index contributed by atoms with van der Waals surface area (Å²) in [5.74, 6) is 1.35. The molecule has 1 aromatic carbocycles. The molecule has 0 radical (unpaired) electrons. The number of rotatable bonds is 4. The van der Waals surface area contributed by atoms with Gasteiger partial charge in [0.15, 0.2) is 11.5 Å². The minimum Gasteiger partial charge on any atom is -0.493 e. The van der Waals surface area contributed by atoms with Gasteiger partial charge in [-0.3, -0.25) is 0 Å². The second-order valence-electron chi connectivity index (χ2n) is 3.89. The molecule has 2 rings (SSSR count). The van der Waals surface area contributed by atoms with E-state index in [0.717, 1.165) is 15.7 Å². The topological polar surface area (TPSA) is 31.4 Å². The Labute approximate surface area is 125 Å². The standard InChI is InChI=1S/C14H13BrClNO2/c1-18-11-5-3-9(7-12(11)19-2)14(16)10-4-6-13(15)17-8-10/h3-8,14H,1-2H3. The van der Waals surface area contributed by atoms with Crippen LogP contribution in [0.3, 0.4) is 0 Å². The van der Waals surface area contributed by atoms with E-state index in [4.69, 9.17) is 21.1 Å². The first-order chi connectivity index (χ1) is 9.15. The van der Waals surface area contributed by atoms with Crippen LogP contribution in [-0.2, 0) is 0 Å². The van der Waals surface area contributed by atoms with E-state index in [9.17, 15) is 0 Å². The fraction of sp³-hybridized carbons (Fsp3) is 0.214. The quantitative estimate of drug-likeness (QED) is 0.617. The number of pyridine rings is 1. The van der Waals surface area contributed by atoms with Crippen LogP contribution in [0.5, 0.6) is 11.5 Å². The summed E-state index contributed by atoms with van der Waals surface area (Å²) in [6.07, 6.45) is 1.75. The lowest BCUT2D eigenvalue weighted by atomic mass is 10.1. The van der Waals surface area contributed by atoms with Gasteiger partial charge in [-0.25, -0.2) is 4.98 Å². The van der Waals surface area contributed by atoms with E-state index in [2.05, 4.69) is 20.9 Å². The van der Waals surface area contributed by atoms with Crippen molar-refractivity contribution in [3.8, 4) is 11.5 Å². The molecule has 1 heterocycles.